The number of nitrogens with one attached hydrogen (secondary N) is 2. The number of carbonyl (C=O) groups is 2. The highest BCUT2D eigenvalue weighted by Gasteiger charge is 2.41. The summed E-state index contributed by atoms with van der Waals surface area (Å²) in [4.78, 5) is 19.2. The number of carbonyl (C=O) groups excluding carboxylic acids is 2. The Morgan fingerprint density at radius 1 is 0.839 bits per heavy atom. The lowest BCUT2D eigenvalue weighted by Crippen LogP contribution is -2.14. The van der Waals surface area contributed by atoms with Crippen LogP contribution >= 0.6 is 0 Å². The van der Waals surface area contributed by atoms with Crippen molar-refractivity contribution in [2.75, 3.05) is 10.6 Å². The van der Waals surface area contributed by atoms with Gasteiger partial charge in [0.1, 0.15) is 14.7 Å². The van der Waals surface area contributed by atoms with E-state index in [1.54, 1.807) is 0 Å². The molecule has 0 aromatic heterocycles. The molecule has 2 aromatic rings. The molecule has 1 aliphatic heterocycles. The van der Waals surface area contributed by atoms with Crippen LogP contribution in [0.2, 0.25) is 0 Å². The van der Waals surface area contributed by atoms with E-state index in [1.807, 2.05) is 0 Å². The Bertz CT molecular complexity index is 1490. The fourth-order valence-electron chi connectivity index (χ4n) is 3.19. The van der Waals surface area contributed by atoms with Gasteiger partial charge in [0.05, 0.1) is 16.3 Å². The van der Waals surface area contributed by atoms with Crippen LogP contribution in [0.25, 0.3) is 11.1 Å². The summed E-state index contributed by atoms with van der Waals surface area (Å²) >= 11 is 0. The van der Waals surface area contributed by atoms with Crippen LogP contribution in [-0.4, -0.2) is 46.2 Å². The predicted molar refractivity (Wildman–Crippen MR) is 106 cm³/mol. The maximum absolute atomic E-state index is 13.1. The van der Waals surface area contributed by atoms with Crippen molar-refractivity contribution in [2.24, 2.45) is 0 Å². The van der Waals surface area contributed by atoms with Crippen molar-refractivity contribution >= 4 is 53.3 Å². The highest BCUT2D eigenvalue weighted by molar-refractivity contribution is 7.93. The summed E-state index contributed by atoms with van der Waals surface area (Å²) in [5.74, 6) is -1.48. The lowest BCUT2D eigenvalue weighted by atomic mass is 10.0. The van der Waals surface area contributed by atoms with Crippen LogP contribution in [0.3, 0.4) is 0 Å². The van der Waals surface area contributed by atoms with Gasteiger partial charge in [-0.25, -0.2) is 8.42 Å². The first-order valence-corrected chi connectivity index (χ1v) is 12.5. The lowest BCUT2D eigenvalue weighted by molar-refractivity contribution is -0.115. The minimum Gasteiger partial charge on any atom is -0.325 e. The van der Waals surface area contributed by atoms with E-state index in [9.17, 15) is 43.9 Å². The predicted octanol–water partition coefficient (Wildman–Crippen LogP) is 0.910. The first kappa shape index (κ1) is 22.8. The molecule has 0 bridgehead atoms. The molecule has 12 nitrogen and oxygen atoms in total. The van der Waals surface area contributed by atoms with Gasteiger partial charge in [0.15, 0.2) is 0 Å². The smallest absolute Gasteiger partial charge is 0.297 e. The summed E-state index contributed by atoms with van der Waals surface area (Å²) < 4.78 is 93.0. The summed E-state index contributed by atoms with van der Waals surface area (Å²) in [6, 6.07) is 3.69. The molecule has 0 radical (unpaired) electrons. The first-order valence-electron chi connectivity index (χ1n) is 8.16. The van der Waals surface area contributed by atoms with Gasteiger partial charge >= 0.3 is 0 Å². The zero-order valence-corrected chi connectivity index (χ0v) is 18.1. The minimum atomic E-state index is -5.19. The molecule has 0 unspecified atom stereocenters. The number of hydrogen-bond acceptors (Lipinski definition) is 8. The van der Waals surface area contributed by atoms with Crippen molar-refractivity contribution in [3.63, 3.8) is 0 Å². The Hall–Kier alpha value is -2.85. The molecule has 2 amide bonds. The zero-order chi connectivity index (χ0) is 23.5. The van der Waals surface area contributed by atoms with Gasteiger partial charge in [0, 0.05) is 25.0 Å². The summed E-state index contributed by atoms with van der Waals surface area (Å²) in [6.45, 7) is 2.07. The monoisotopic (exact) mass is 490 g/mol. The van der Waals surface area contributed by atoms with E-state index in [0.29, 0.717) is 6.07 Å². The van der Waals surface area contributed by atoms with E-state index in [4.69, 9.17) is 0 Å². The normalized spacial score (nSPS) is 14.5. The SMILES string of the molecule is CC(=O)Nc1cc2c(cc1S(=O)(=O)O)S(=O)(=O)c1c-2ccc(NC(C)=O)c1S(=O)(=O)O. The number of rotatable bonds is 4. The molecule has 1 heterocycles. The van der Waals surface area contributed by atoms with E-state index < -0.39 is 72.8 Å². The summed E-state index contributed by atoms with van der Waals surface area (Å²) in [5, 5.41) is 4.26. The number of amides is 2. The second-order valence-corrected chi connectivity index (χ2v) is 11.1. The Kier molecular flexibility index (Phi) is 5.23. The maximum Gasteiger partial charge on any atom is 0.297 e. The Labute approximate surface area is 176 Å². The molecule has 3 rings (SSSR count). The minimum absolute atomic E-state index is 0.189. The molecule has 0 spiro atoms. The molecule has 1 aliphatic rings. The van der Waals surface area contributed by atoms with Crippen molar-refractivity contribution < 1.29 is 43.9 Å². The van der Waals surface area contributed by atoms with Crippen LogP contribution < -0.4 is 10.6 Å². The van der Waals surface area contributed by atoms with Crippen LogP contribution in [0, 0.1) is 0 Å². The molecular weight excluding hydrogens is 476 g/mol. The Morgan fingerprint density at radius 2 is 1.39 bits per heavy atom. The lowest BCUT2D eigenvalue weighted by Gasteiger charge is -2.12. The van der Waals surface area contributed by atoms with Crippen LogP contribution in [0.5, 0.6) is 0 Å². The second kappa shape index (κ2) is 7.10. The average molecular weight is 490 g/mol. The van der Waals surface area contributed by atoms with E-state index in [0.717, 1.165) is 32.0 Å². The van der Waals surface area contributed by atoms with Crippen molar-refractivity contribution in [1.82, 2.24) is 0 Å². The fraction of sp³-hybridized carbons (Fsp3) is 0.125. The van der Waals surface area contributed by atoms with Gasteiger partial charge in [-0.15, -0.1) is 0 Å². The molecule has 0 aliphatic carbocycles. The zero-order valence-electron chi connectivity index (χ0n) is 15.7. The number of hydrogen-bond donors (Lipinski definition) is 4. The molecule has 0 fully saturated rings. The molecule has 2 aromatic carbocycles. The fourth-order valence-corrected chi connectivity index (χ4v) is 7.08. The molecule has 166 valence electrons. The third kappa shape index (κ3) is 3.92. The highest BCUT2D eigenvalue weighted by Crippen LogP contribution is 2.50. The number of benzene rings is 2. The highest BCUT2D eigenvalue weighted by atomic mass is 32.2. The van der Waals surface area contributed by atoms with E-state index in [1.165, 1.54) is 0 Å². The van der Waals surface area contributed by atoms with E-state index in [2.05, 4.69) is 10.6 Å². The van der Waals surface area contributed by atoms with Crippen molar-refractivity contribution in [3.05, 3.63) is 24.3 Å². The van der Waals surface area contributed by atoms with Crippen molar-refractivity contribution in [2.45, 2.75) is 33.4 Å². The van der Waals surface area contributed by atoms with Gasteiger partial charge in [-0.1, -0.05) is 6.07 Å². The largest absolute Gasteiger partial charge is 0.325 e. The molecular formula is C16H14N2O10S3. The van der Waals surface area contributed by atoms with E-state index >= 15 is 0 Å². The van der Waals surface area contributed by atoms with Crippen LogP contribution in [0.15, 0.2) is 43.8 Å². The average Bonchev–Trinajstić information content (AvgIpc) is 2.78. The molecule has 15 heteroatoms. The standard InChI is InChI=1S/C16H14N2O10S3/c1-7(19)17-11-4-3-9-10-5-12(18-8(2)20)14(30(23,24)25)6-13(10)29(21,22)15(9)16(11)31(26,27)28/h3-6H,1-2H3,(H,17,19)(H,18,20)(H,23,24,25)(H,26,27,28). The summed E-state index contributed by atoms with van der Waals surface area (Å²) in [5.41, 5.74) is -1.38. The van der Waals surface area contributed by atoms with Crippen LogP contribution in [0.1, 0.15) is 13.8 Å². The summed E-state index contributed by atoms with van der Waals surface area (Å²) in [7, 11) is -14.9. The second-order valence-electron chi connectivity index (χ2n) is 6.48. The van der Waals surface area contributed by atoms with Crippen LogP contribution in [-0.2, 0) is 39.7 Å². The molecule has 0 atom stereocenters. The van der Waals surface area contributed by atoms with Crippen molar-refractivity contribution in [1.29, 1.82) is 0 Å². The van der Waals surface area contributed by atoms with Gasteiger partial charge in [-0.05, 0) is 18.2 Å². The van der Waals surface area contributed by atoms with Crippen molar-refractivity contribution in [3.8, 4) is 11.1 Å². The van der Waals surface area contributed by atoms with Gasteiger partial charge in [-0.3, -0.25) is 18.7 Å². The van der Waals surface area contributed by atoms with Gasteiger partial charge < -0.3 is 10.6 Å². The molecule has 31 heavy (non-hydrogen) atoms. The molecule has 4 N–H and O–H groups in total. The Balaban J connectivity index is 2.48. The quantitative estimate of drug-likeness (QED) is 0.381. The van der Waals surface area contributed by atoms with Gasteiger partial charge in [-0.2, -0.15) is 16.8 Å². The topological polar surface area (TPSA) is 201 Å². The first-order chi connectivity index (χ1) is 14.0. The summed E-state index contributed by atoms with van der Waals surface area (Å²) in [6.07, 6.45) is 0. The number of fused-ring (bicyclic) bond motifs is 3. The Morgan fingerprint density at radius 3 is 1.87 bits per heavy atom. The molecule has 0 saturated heterocycles. The third-order valence-electron chi connectivity index (χ3n) is 4.20. The number of sulfone groups is 1. The van der Waals surface area contributed by atoms with E-state index in [-0.39, 0.29) is 11.1 Å². The van der Waals surface area contributed by atoms with Gasteiger partial charge in [0.2, 0.25) is 21.7 Å². The third-order valence-corrected chi connectivity index (χ3v) is 8.04. The molecule has 0 saturated carbocycles. The maximum atomic E-state index is 13.1. The van der Waals surface area contributed by atoms with Gasteiger partial charge in [0.25, 0.3) is 20.2 Å². The number of anilines is 2. The van der Waals surface area contributed by atoms with Crippen LogP contribution in [0.4, 0.5) is 11.4 Å².